The van der Waals surface area contributed by atoms with Gasteiger partial charge in [-0.25, -0.2) is 4.79 Å². The Morgan fingerprint density at radius 3 is 2.71 bits per heavy atom. The first kappa shape index (κ1) is 12.4. The van der Waals surface area contributed by atoms with Crippen molar-refractivity contribution in [3.63, 3.8) is 0 Å². The highest BCUT2D eigenvalue weighted by Crippen LogP contribution is 2.45. The van der Waals surface area contributed by atoms with Crippen molar-refractivity contribution in [2.45, 2.75) is 49.3 Å². The van der Waals surface area contributed by atoms with Crippen LogP contribution in [-0.2, 0) is 4.74 Å². The van der Waals surface area contributed by atoms with E-state index in [9.17, 15) is 9.90 Å². The molecule has 1 amide bonds. The molecule has 4 N–H and O–H groups in total. The summed E-state index contributed by atoms with van der Waals surface area (Å²) in [5.41, 5.74) is 5.32. The van der Waals surface area contributed by atoms with Gasteiger partial charge in [0.05, 0.1) is 6.10 Å². The normalized spacial score (nSPS) is 39.8. The summed E-state index contributed by atoms with van der Waals surface area (Å²) < 4.78 is 4.92. The molecule has 3 aliphatic carbocycles. The van der Waals surface area contributed by atoms with Crippen molar-refractivity contribution in [2.75, 3.05) is 6.61 Å². The first-order chi connectivity index (χ1) is 8.00. The fourth-order valence-electron chi connectivity index (χ4n) is 2.87. The lowest BCUT2D eigenvalue weighted by Crippen LogP contribution is -2.68. The molecule has 3 saturated carbocycles. The number of hydrogen-bond acceptors (Lipinski definition) is 4. The summed E-state index contributed by atoms with van der Waals surface area (Å²) in [6, 6.07) is 0. The molecule has 0 radical (unpaired) electrons. The zero-order valence-electron chi connectivity index (χ0n) is 9.95. The third-order valence-corrected chi connectivity index (χ3v) is 4.09. The summed E-state index contributed by atoms with van der Waals surface area (Å²) >= 11 is 0. The summed E-state index contributed by atoms with van der Waals surface area (Å²) in [4.78, 5) is 11.5. The van der Waals surface area contributed by atoms with Gasteiger partial charge < -0.3 is 20.9 Å². The lowest BCUT2D eigenvalue weighted by molar-refractivity contribution is -0.0425. The quantitative estimate of drug-likeness (QED) is 0.633. The van der Waals surface area contributed by atoms with Crippen LogP contribution in [0.2, 0.25) is 0 Å². The van der Waals surface area contributed by atoms with Gasteiger partial charge >= 0.3 is 6.09 Å². The molecule has 0 aliphatic heterocycles. The van der Waals surface area contributed by atoms with Crippen molar-refractivity contribution >= 4 is 6.09 Å². The number of fused-ring (bicyclic) bond motifs is 3. The number of aliphatic hydroxyl groups excluding tert-OH is 1. The lowest BCUT2D eigenvalue weighted by Gasteiger charge is -2.54. The Bertz CT molecular complexity index is 322. The molecule has 2 bridgehead atoms. The van der Waals surface area contributed by atoms with Crippen LogP contribution >= 0.6 is 0 Å². The number of nitrogens with two attached hydrogens (primary N) is 1. The van der Waals surface area contributed by atoms with Crippen LogP contribution in [0.25, 0.3) is 0 Å². The van der Waals surface area contributed by atoms with Crippen LogP contribution in [0.1, 0.15) is 32.1 Å². The smallest absolute Gasteiger partial charge is 0.407 e. The Kier molecular flexibility index (Phi) is 3.14. The second-order valence-electron chi connectivity index (χ2n) is 5.25. The SMILES string of the molecule is C=CCOC(=O)NC12CCC(N)(CC1)[C@H](O)C2. The minimum atomic E-state index is -0.537. The molecule has 0 saturated heterocycles. The maximum absolute atomic E-state index is 11.5. The summed E-state index contributed by atoms with van der Waals surface area (Å²) in [6.07, 6.45) is 4.18. The van der Waals surface area contributed by atoms with Crippen molar-refractivity contribution in [3.8, 4) is 0 Å². The summed E-state index contributed by atoms with van der Waals surface area (Å²) in [5, 5.41) is 12.9. The summed E-state index contributed by atoms with van der Waals surface area (Å²) in [5.74, 6) is 0. The first-order valence-corrected chi connectivity index (χ1v) is 6.02. The van der Waals surface area contributed by atoms with Gasteiger partial charge in [-0.3, -0.25) is 0 Å². The van der Waals surface area contributed by atoms with Gasteiger partial charge in [-0.1, -0.05) is 12.7 Å². The van der Waals surface area contributed by atoms with Crippen molar-refractivity contribution in [2.24, 2.45) is 5.73 Å². The number of carbonyl (C=O) groups excluding carboxylic acids is 1. The van der Waals surface area contributed by atoms with E-state index in [1.807, 2.05) is 0 Å². The van der Waals surface area contributed by atoms with Crippen LogP contribution < -0.4 is 11.1 Å². The van der Waals surface area contributed by atoms with Crippen LogP contribution in [-0.4, -0.2) is 35.0 Å². The second-order valence-corrected chi connectivity index (χ2v) is 5.25. The average Bonchev–Trinajstić information content (AvgIpc) is 2.29. The number of aliphatic hydroxyl groups is 1. The number of hydrogen-bond donors (Lipinski definition) is 3. The van der Waals surface area contributed by atoms with E-state index >= 15 is 0 Å². The molecule has 0 unspecified atom stereocenters. The van der Waals surface area contributed by atoms with Crippen LogP contribution in [0.4, 0.5) is 4.79 Å². The maximum atomic E-state index is 11.5. The fraction of sp³-hybridized carbons (Fsp3) is 0.750. The lowest BCUT2D eigenvalue weighted by atomic mass is 9.60. The Hall–Kier alpha value is -1.07. The monoisotopic (exact) mass is 240 g/mol. The van der Waals surface area contributed by atoms with Gasteiger partial charge in [0.25, 0.3) is 0 Å². The Balaban J connectivity index is 1.97. The highest BCUT2D eigenvalue weighted by Gasteiger charge is 2.52. The number of carbonyl (C=O) groups is 1. The molecule has 96 valence electrons. The third-order valence-electron chi connectivity index (χ3n) is 4.09. The molecule has 5 nitrogen and oxygen atoms in total. The standard InChI is InChI=1S/C12H20N2O3/c1-2-7-17-10(16)14-11-3-5-12(13,6-4-11)9(15)8-11/h2,9,15H,1,3-8,13H2,(H,14,16)/t9-,11?,12?/m1/s1. The number of alkyl carbamates (subject to hydrolysis) is 1. The fourth-order valence-corrected chi connectivity index (χ4v) is 2.87. The van der Waals surface area contributed by atoms with Gasteiger partial charge in [0.1, 0.15) is 6.61 Å². The zero-order chi connectivity index (χ0) is 12.5. The average molecular weight is 240 g/mol. The highest BCUT2D eigenvalue weighted by atomic mass is 16.5. The zero-order valence-corrected chi connectivity index (χ0v) is 9.95. The Morgan fingerprint density at radius 2 is 2.18 bits per heavy atom. The Labute approximate surface area is 101 Å². The number of amides is 1. The number of nitrogens with one attached hydrogen (secondary N) is 1. The predicted molar refractivity (Wildman–Crippen MR) is 63.4 cm³/mol. The van der Waals surface area contributed by atoms with Crippen molar-refractivity contribution in [1.82, 2.24) is 5.32 Å². The van der Waals surface area contributed by atoms with Crippen molar-refractivity contribution < 1.29 is 14.6 Å². The van der Waals surface area contributed by atoms with E-state index in [0.29, 0.717) is 6.42 Å². The van der Waals surface area contributed by atoms with Gasteiger partial charge in [0, 0.05) is 11.1 Å². The molecule has 0 aromatic carbocycles. The molecule has 0 aromatic heterocycles. The predicted octanol–water partition coefficient (Wildman–Crippen LogP) is 0.673. The van der Waals surface area contributed by atoms with E-state index in [2.05, 4.69) is 11.9 Å². The molecule has 0 heterocycles. The molecular weight excluding hydrogens is 220 g/mol. The van der Waals surface area contributed by atoms with Crippen LogP contribution in [0.3, 0.4) is 0 Å². The second kappa shape index (κ2) is 4.31. The molecule has 0 spiro atoms. The van der Waals surface area contributed by atoms with Crippen LogP contribution in [0.15, 0.2) is 12.7 Å². The van der Waals surface area contributed by atoms with E-state index in [0.717, 1.165) is 25.7 Å². The molecule has 0 aromatic rings. The van der Waals surface area contributed by atoms with Crippen molar-refractivity contribution in [3.05, 3.63) is 12.7 Å². The summed E-state index contributed by atoms with van der Waals surface area (Å²) in [7, 11) is 0. The van der Waals surface area contributed by atoms with Gasteiger partial charge in [-0.2, -0.15) is 0 Å². The van der Waals surface area contributed by atoms with Gasteiger partial charge in [-0.15, -0.1) is 0 Å². The van der Waals surface area contributed by atoms with Crippen LogP contribution in [0.5, 0.6) is 0 Å². The van der Waals surface area contributed by atoms with E-state index in [1.165, 1.54) is 6.08 Å². The molecule has 5 heteroatoms. The maximum Gasteiger partial charge on any atom is 0.407 e. The van der Waals surface area contributed by atoms with Gasteiger partial charge in [0.15, 0.2) is 0 Å². The molecule has 3 rings (SSSR count). The minimum Gasteiger partial charge on any atom is -0.445 e. The minimum absolute atomic E-state index is 0.200. The molecule has 17 heavy (non-hydrogen) atoms. The number of rotatable bonds is 3. The topological polar surface area (TPSA) is 84.6 Å². The Morgan fingerprint density at radius 1 is 1.53 bits per heavy atom. The summed E-state index contributed by atoms with van der Waals surface area (Å²) in [6.45, 7) is 3.68. The molecule has 1 atom stereocenters. The van der Waals surface area contributed by atoms with Crippen LogP contribution in [0, 0.1) is 0 Å². The van der Waals surface area contributed by atoms with Gasteiger partial charge in [-0.05, 0) is 32.1 Å². The van der Waals surface area contributed by atoms with E-state index in [-0.39, 0.29) is 12.1 Å². The van der Waals surface area contributed by atoms with E-state index < -0.39 is 17.7 Å². The van der Waals surface area contributed by atoms with Crippen molar-refractivity contribution in [1.29, 1.82) is 0 Å². The first-order valence-electron chi connectivity index (χ1n) is 6.02. The van der Waals surface area contributed by atoms with E-state index in [1.54, 1.807) is 0 Å². The highest BCUT2D eigenvalue weighted by molar-refractivity contribution is 5.68. The number of ether oxygens (including phenoxy) is 1. The molecule has 3 fully saturated rings. The molecular formula is C12H20N2O3. The largest absolute Gasteiger partial charge is 0.445 e. The third kappa shape index (κ3) is 2.30. The molecule has 3 aliphatic rings. The van der Waals surface area contributed by atoms with E-state index in [4.69, 9.17) is 10.5 Å². The van der Waals surface area contributed by atoms with Gasteiger partial charge in [0.2, 0.25) is 0 Å².